The average molecular weight is 347 g/mol. The molecule has 0 aliphatic carbocycles. The second kappa shape index (κ2) is 5.86. The van der Waals surface area contributed by atoms with Gasteiger partial charge in [-0.1, -0.05) is 6.07 Å². The molecule has 1 heterocycles. The number of halogens is 3. The second-order valence-corrected chi connectivity index (χ2v) is 4.88. The van der Waals surface area contributed by atoms with Crippen LogP contribution in [0.3, 0.4) is 0 Å². The molecule has 1 aromatic carbocycles. The third-order valence-electron chi connectivity index (χ3n) is 2.99. The van der Waals surface area contributed by atoms with Gasteiger partial charge < -0.3 is 4.74 Å². The molecule has 0 aliphatic rings. The van der Waals surface area contributed by atoms with Crippen LogP contribution in [-0.4, -0.2) is 16.9 Å². The molecule has 0 amide bonds. The Balaban J connectivity index is 2.58. The predicted molar refractivity (Wildman–Crippen MR) is 73.0 cm³/mol. The SMILES string of the molecule is COc1cnn(C)c1C(NN)c1ccc(F)c(F)c1Br. The summed E-state index contributed by atoms with van der Waals surface area (Å²) in [4.78, 5) is 0. The smallest absolute Gasteiger partial charge is 0.173 e. The van der Waals surface area contributed by atoms with Crippen molar-refractivity contribution in [2.45, 2.75) is 6.04 Å². The van der Waals surface area contributed by atoms with Crippen molar-refractivity contribution < 1.29 is 13.5 Å². The zero-order valence-corrected chi connectivity index (χ0v) is 12.4. The predicted octanol–water partition coefficient (Wildman–Crippen LogP) is 2.02. The first-order chi connectivity index (χ1) is 9.51. The van der Waals surface area contributed by atoms with Crippen LogP contribution in [0.15, 0.2) is 22.8 Å². The van der Waals surface area contributed by atoms with Crippen molar-refractivity contribution >= 4 is 15.9 Å². The molecule has 0 fully saturated rings. The maximum Gasteiger partial charge on any atom is 0.173 e. The first kappa shape index (κ1) is 14.9. The summed E-state index contributed by atoms with van der Waals surface area (Å²) in [7, 11) is 3.20. The highest BCUT2D eigenvalue weighted by atomic mass is 79.9. The lowest BCUT2D eigenvalue weighted by Crippen LogP contribution is -2.31. The van der Waals surface area contributed by atoms with E-state index in [1.807, 2.05) is 0 Å². The number of nitrogens with zero attached hydrogens (tertiary/aromatic N) is 2. The molecule has 3 N–H and O–H groups in total. The van der Waals surface area contributed by atoms with E-state index in [1.165, 1.54) is 19.4 Å². The summed E-state index contributed by atoms with van der Waals surface area (Å²) < 4.78 is 33.6. The Morgan fingerprint density at radius 3 is 2.75 bits per heavy atom. The molecular formula is C12H13BrF2N4O. The Bertz CT molecular complexity index is 632. The lowest BCUT2D eigenvalue weighted by atomic mass is 10.0. The average Bonchev–Trinajstić information content (AvgIpc) is 2.81. The van der Waals surface area contributed by atoms with E-state index in [0.29, 0.717) is 17.0 Å². The third-order valence-corrected chi connectivity index (χ3v) is 3.79. The summed E-state index contributed by atoms with van der Waals surface area (Å²) in [6.07, 6.45) is 1.52. The van der Waals surface area contributed by atoms with Crippen LogP contribution in [0.25, 0.3) is 0 Å². The van der Waals surface area contributed by atoms with Crippen molar-refractivity contribution in [3.8, 4) is 5.75 Å². The summed E-state index contributed by atoms with van der Waals surface area (Å²) in [6, 6.07) is 1.88. The number of aromatic nitrogens is 2. The van der Waals surface area contributed by atoms with E-state index in [2.05, 4.69) is 26.5 Å². The fourth-order valence-corrected chi connectivity index (χ4v) is 2.54. The number of methoxy groups -OCH3 is 1. The van der Waals surface area contributed by atoms with E-state index < -0.39 is 17.7 Å². The number of hydrogen-bond acceptors (Lipinski definition) is 4. The molecule has 2 rings (SSSR count). The molecule has 0 saturated heterocycles. The normalized spacial score (nSPS) is 12.5. The molecule has 1 unspecified atom stereocenters. The van der Waals surface area contributed by atoms with E-state index in [4.69, 9.17) is 10.6 Å². The molecule has 2 aromatic rings. The minimum Gasteiger partial charge on any atom is -0.493 e. The summed E-state index contributed by atoms with van der Waals surface area (Å²) in [5.41, 5.74) is 3.60. The van der Waals surface area contributed by atoms with E-state index in [0.717, 1.165) is 6.07 Å². The first-order valence-electron chi connectivity index (χ1n) is 5.66. The molecule has 108 valence electrons. The maximum absolute atomic E-state index is 13.7. The fraction of sp³-hybridized carbons (Fsp3) is 0.250. The maximum atomic E-state index is 13.7. The lowest BCUT2D eigenvalue weighted by molar-refractivity contribution is 0.400. The van der Waals surface area contributed by atoms with Gasteiger partial charge in [0.2, 0.25) is 0 Å². The summed E-state index contributed by atoms with van der Waals surface area (Å²) in [5, 5.41) is 4.06. The van der Waals surface area contributed by atoms with Crippen LogP contribution in [-0.2, 0) is 7.05 Å². The number of rotatable bonds is 4. The third kappa shape index (κ3) is 2.41. The molecule has 0 bridgehead atoms. The van der Waals surface area contributed by atoms with Gasteiger partial charge >= 0.3 is 0 Å². The van der Waals surface area contributed by atoms with Crippen molar-refractivity contribution in [2.24, 2.45) is 12.9 Å². The van der Waals surface area contributed by atoms with Gasteiger partial charge in [0, 0.05) is 7.05 Å². The highest BCUT2D eigenvalue weighted by Gasteiger charge is 2.25. The molecule has 20 heavy (non-hydrogen) atoms. The number of hydrogen-bond donors (Lipinski definition) is 2. The Morgan fingerprint density at radius 2 is 2.15 bits per heavy atom. The summed E-state index contributed by atoms with van der Waals surface area (Å²) >= 11 is 3.05. The summed E-state index contributed by atoms with van der Waals surface area (Å²) in [5.74, 6) is 4.15. The molecule has 0 saturated carbocycles. The van der Waals surface area contributed by atoms with Crippen LogP contribution >= 0.6 is 15.9 Å². The van der Waals surface area contributed by atoms with Gasteiger partial charge in [-0.25, -0.2) is 14.2 Å². The van der Waals surface area contributed by atoms with Crippen molar-refractivity contribution in [3.05, 3.63) is 45.7 Å². The number of benzene rings is 1. The lowest BCUT2D eigenvalue weighted by Gasteiger charge is -2.19. The van der Waals surface area contributed by atoms with Gasteiger partial charge in [0.05, 0.1) is 23.8 Å². The van der Waals surface area contributed by atoms with E-state index in [9.17, 15) is 8.78 Å². The number of ether oxygens (including phenoxy) is 1. The number of hydrazine groups is 1. The fourth-order valence-electron chi connectivity index (χ4n) is 1.99. The Hall–Kier alpha value is -1.51. The van der Waals surface area contributed by atoms with Gasteiger partial charge in [0.15, 0.2) is 17.4 Å². The second-order valence-electron chi connectivity index (χ2n) is 4.09. The Kier molecular flexibility index (Phi) is 4.36. The molecular weight excluding hydrogens is 334 g/mol. The zero-order chi connectivity index (χ0) is 14.9. The number of aryl methyl sites for hydroxylation is 1. The van der Waals surface area contributed by atoms with Crippen molar-refractivity contribution in [2.75, 3.05) is 7.11 Å². The summed E-state index contributed by atoms with van der Waals surface area (Å²) in [6.45, 7) is 0. The first-order valence-corrected chi connectivity index (χ1v) is 6.46. The molecule has 0 aliphatic heterocycles. The molecule has 0 spiro atoms. The quantitative estimate of drug-likeness (QED) is 0.505. The molecule has 0 radical (unpaired) electrons. The van der Waals surface area contributed by atoms with Crippen molar-refractivity contribution in [3.63, 3.8) is 0 Å². The van der Waals surface area contributed by atoms with Crippen LogP contribution in [0.5, 0.6) is 5.75 Å². The standard InChI is InChI=1S/C12H13BrF2N4O/c1-19-12(8(20-2)5-17-19)11(18-16)6-3-4-7(14)10(15)9(6)13/h3-5,11,18H,16H2,1-2H3. The van der Waals surface area contributed by atoms with Crippen LogP contribution in [0, 0.1) is 11.6 Å². The van der Waals surface area contributed by atoms with Crippen LogP contribution in [0.1, 0.15) is 17.3 Å². The van der Waals surface area contributed by atoms with Crippen molar-refractivity contribution in [1.29, 1.82) is 0 Å². The molecule has 8 heteroatoms. The van der Waals surface area contributed by atoms with Crippen LogP contribution in [0.4, 0.5) is 8.78 Å². The van der Waals surface area contributed by atoms with E-state index in [1.54, 1.807) is 11.7 Å². The van der Waals surface area contributed by atoms with Gasteiger partial charge in [0.25, 0.3) is 0 Å². The minimum atomic E-state index is -0.969. The number of nitrogens with two attached hydrogens (primary N) is 1. The topological polar surface area (TPSA) is 65.1 Å². The Labute approximate surface area is 122 Å². The van der Waals surface area contributed by atoms with Crippen LogP contribution < -0.4 is 16.0 Å². The molecule has 5 nitrogen and oxygen atoms in total. The molecule has 1 atom stereocenters. The largest absolute Gasteiger partial charge is 0.493 e. The highest BCUT2D eigenvalue weighted by Crippen LogP contribution is 2.34. The van der Waals surface area contributed by atoms with Crippen molar-refractivity contribution in [1.82, 2.24) is 15.2 Å². The van der Waals surface area contributed by atoms with Gasteiger partial charge in [-0.15, -0.1) is 0 Å². The monoisotopic (exact) mass is 346 g/mol. The van der Waals surface area contributed by atoms with E-state index in [-0.39, 0.29) is 4.47 Å². The zero-order valence-electron chi connectivity index (χ0n) is 10.8. The van der Waals surface area contributed by atoms with E-state index >= 15 is 0 Å². The van der Waals surface area contributed by atoms with Gasteiger partial charge in [0.1, 0.15) is 5.69 Å². The van der Waals surface area contributed by atoms with Gasteiger partial charge in [-0.3, -0.25) is 10.5 Å². The number of nitrogens with one attached hydrogen (secondary N) is 1. The minimum absolute atomic E-state index is 0.00343. The highest BCUT2D eigenvalue weighted by molar-refractivity contribution is 9.10. The molecule has 1 aromatic heterocycles. The van der Waals surface area contributed by atoms with Crippen LogP contribution in [0.2, 0.25) is 0 Å². The van der Waals surface area contributed by atoms with Gasteiger partial charge in [-0.05, 0) is 27.6 Å². The Morgan fingerprint density at radius 1 is 1.45 bits per heavy atom. The van der Waals surface area contributed by atoms with Gasteiger partial charge in [-0.2, -0.15) is 5.10 Å².